The summed E-state index contributed by atoms with van der Waals surface area (Å²) in [5.41, 5.74) is 0.0637. The van der Waals surface area contributed by atoms with E-state index >= 15 is 0 Å². The van der Waals surface area contributed by atoms with Crippen LogP contribution in [0, 0.1) is 6.92 Å². The average molecular weight is 315 g/mol. The van der Waals surface area contributed by atoms with E-state index < -0.39 is 25.2 Å². The molecule has 0 amide bonds. The van der Waals surface area contributed by atoms with Gasteiger partial charge >= 0.3 is 5.69 Å². The lowest BCUT2D eigenvalue weighted by Gasteiger charge is -2.08. The molecule has 0 unspecified atom stereocenters. The minimum absolute atomic E-state index is 0.141. The summed E-state index contributed by atoms with van der Waals surface area (Å²) in [5, 5.41) is 0. The molecule has 0 saturated carbocycles. The highest BCUT2D eigenvalue weighted by atomic mass is 35.7. The molecule has 0 spiro atoms. The minimum atomic E-state index is -4.21. The van der Waals surface area contributed by atoms with Gasteiger partial charge in [0.25, 0.3) is 14.6 Å². The summed E-state index contributed by atoms with van der Waals surface area (Å²) in [7, 11) is 0.953. The van der Waals surface area contributed by atoms with Crippen molar-refractivity contribution in [2.45, 2.75) is 18.4 Å². The summed E-state index contributed by atoms with van der Waals surface area (Å²) >= 11 is 0. The Labute approximate surface area is 119 Å². The van der Waals surface area contributed by atoms with E-state index in [0.717, 1.165) is 21.9 Å². The van der Waals surface area contributed by atoms with Crippen LogP contribution in [-0.2, 0) is 15.6 Å². The Bertz CT molecular complexity index is 868. The molecular formula is C12H11ClN2O4S. The molecule has 0 radical (unpaired) electrons. The first-order valence-electron chi connectivity index (χ1n) is 5.62. The van der Waals surface area contributed by atoms with Gasteiger partial charge in [-0.3, -0.25) is 14.3 Å². The molecule has 0 aliphatic rings. The van der Waals surface area contributed by atoms with Crippen molar-refractivity contribution < 1.29 is 8.42 Å². The zero-order valence-electron chi connectivity index (χ0n) is 10.5. The predicted octanol–water partition coefficient (Wildman–Crippen LogP) is 0.821. The average Bonchev–Trinajstić information content (AvgIpc) is 2.33. The number of hydrogen-bond donors (Lipinski definition) is 1. The normalized spacial score (nSPS) is 11.5. The van der Waals surface area contributed by atoms with Crippen molar-refractivity contribution in [2.75, 3.05) is 0 Å². The second kappa shape index (κ2) is 5.26. The van der Waals surface area contributed by atoms with Crippen molar-refractivity contribution in [3.63, 3.8) is 0 Å². The van der Waals surface area contributed by atoms with Gasteiger partial charge in [-0.25, -0.2) is 13.2 Å². The summed E-state index contributed by atoms with van der Waals surface area (Å²) in [6, 6.07) is 7.33. The molecule has 0 aliphatic heterocycles. The van der Waals surface area contributed by atoms with E-state index in [2.05, 4.69) is 0 Å². The second-order valence-corrected chi connectivity index (χ2v) is 6.78. The molecule has 20 heavy (non-hydrogen) atoms. The van der Waals surface area contributed by atoms with Gasteiger partial charge in [0.1, 0.15) is 0 Å². The number of aryl methyl sites for hydroxylation is 1. The van der Waals surface area contributed by atoms with E-state index in [9.17, 15) is 18.0 Å². The fraction of sp³-hybridized carbons (Fsp3) is 0.167. The number of nitrogens with one attached hydrogen (secondary N) is 1. The van der Waals surface area contributed by atoms with Crippen LogP contribution in [0.25, 0.3) is 0 Å². The number of rotatable bonds is 3. The van der Waals surface area contributed by atoms with Gasteiger partial charge in [0.2, 0.25) is 0 Å². The number of hydrogen-bond acceptors (Lipinski definition) is 4. The zero-order chi connectivity index (χ0) is 14.9. The van der Waals surface area contributed by atoms with Crippen LogP contribution >= 0.6 is 10.7 Å². The molecule has 0 bridgehead atoms. The van der Waals surface area contributed by atoms with Crippen LogP contribution in [0.4, 0.5) is 0 Å². The Hall–Kier alpha value is -1.86. The summed E-state index contributed by atoms with van der Waals surface area (Å²) < 4.78 is 23.6. The highest BCUT2D eigenvalue weighted by molar-refractivity contribution is 8.13. The van der Waals surface area contributed by atoms with E-state index in [1.807, 2.05) is 30.1 Å². The van der Waals surface area contributed by atoms with Crippen molar-refractivity contribution in [1.82, 2.24) is 9.55 Å². The number of aromatic amines is 1. The van der Waals surface area contributed by atoms with Crippen LogP contribution in [0.3, 0.4) is 0 Å². The van der Waals surface area contributed by atoms with Crippen LogP contribution in [0.1, 0.15) is 11.1 Å². The molecule has 1 aromatic heterocycles. The molecule has 1 heterocycles. The standard InChI is InChI=1S/C12H11ClN2O4S/c1-8-4-2-3-5-9(8)6-15-7-10(20(13,18)19)11(16)14-12(15)17/h2-5,7H,6H2,1H3,(H,14,16,17). The molecule has 0 saturated heterocycles. The molecular weight excluding hydrogens is 304 g/mol. The van der Waals surface area contributed by atoms with Crippen LogP contribution in [-0.4, -0.2) is 18.0 Å². The van der Waals surface area contributed by atoms with E-state index in [4.69, 9.17) is 10.7 Å². The third-order valence-electron chi connectivity index (χ3n) is 2.84. The van der Waals surface area contributed by atoms with Gasteiger partial charge in [0.05, 0.1) is 6.54 Å². The largest absolute Gasteiger partial charge is 0.328 e. The van der Waals surface area contributed by atoms with Gasteiger partial charge in [0.15, 0.2) is 4.90 Å². The highest BCUT2D eigenvalue weighted by Crippen LogP contribution is 2.10. The van der Waals surface area contributed by atoms with Crippen LogP contribution < -0.4 is 11.2 Å². The van der Waals surface area contributed by atoms with Gasteiger partial charge in [-0.15, -0.1) is 0 Å². The van der Waals surface area contributed by atoms with Crippen molar-refractivity contribution >= 4 is 19.7 Å². The van der Waals surface area contributed by atoms with Crippen molar-refractivity contribution in [2.24, 2.45) is 0 Å². The summed E-state index contributed by atoms with van der Waals surface area (Å²) in [6.45, 7) is 2.01. The lowest BCUT2D eigenvalue weighted by Crippen LogP contribution is -2.32. The van der Waals surface area contributed by atoms with Crippen molar-refractivity contribution in [3.05, 3.63) is 62.4 Å². The Kier molecular flexibility index (Phi) is 3.82. The van der Waals surface area contributed by atoms with E-state index in [0.29, 0.717) is 0 Å². The van der Waals surface area contributed by atoms with E-state index in [1.165, 1.54) is 0 Å². The molecule has 106 valence electrons. The number of halogens is 1. The molecule has 8 heteroatoms. The monoisotopic (exact) mass is 314 g/mol. The maximum atomic E-state index is 11.7. The fourth-order valence-corrected chi connectivity index (χ4v) is 2.61. The highest BCUT2D eigenvalue weighted by Gasteiger charge is 2.17. The molecule has 2 rings (SSSR count). The van der Waals surface area contributed by atoms with Gasteiger partial charge in [-0.1, -0.05) is 24.3 Å². The Morgan fingerprint density at radius 2 is 1.90 bits per heavy atom. The molecule has 1 aromatic carbocycles. The smallest absolute Gasteiger partial charge is 0.295 e. The molecule has 1 N–H and O–H groups in total. The summed E-state index contributed by atoms with van der Waals surface area (Å²) in [6.07, 6.45) is 0.954. The zero-order valence-corrected chi connectivity index (χ0v) is 12.0. The van der Waals surface area contributed by atoms with Crippen LogP contribution in [0.15, 0.2) is 44.9 Å². The SMILES string of the molecule is Cc1ccccc1Cn1cc(S(=O)(=O)Cl)c(=O)[nH]c1=O. The number of benzene rings is 1. The van der Waals surface area contributed by atoms with E-state index in [-0.39, 0.29) is 6.54 Å². The van der Waals surface area contributed by atoms with Gasteiger partial charge < -0.3 is 0 Å². The number of aromatic nitrogens is 2. The maximum Gasteiger partial charge on any atom is 0.328 e. The quantitative estimate of drug-likeness (QED) is 0.849. The fourth-order valence-electron chi connectivity index (χ4n) is 1.75. The summed E-state index contributed by atoms with van der Waals surface area (Å²) in [4.78, 5) is 24.4. The number of nitrogens with zero attached hydrogens (tertiary/aromatic N) is 1. The first-order chi connectivity index (χ1) is 9.29. The van der Waals surface area contributed by atoms with E-state index in [1.54, 1.807) is 6.07 Å². The molecule has 0 atom stereocenters. The van der Waals surface area contributed by atoms with Gasteiger partial charge in [-0.05, 0) is 18.1 Å². The van der Waals surface area contributed by atoms with Crippen molar-refractivity contribution in [3.8, 4) is 0 Å². The first kappa shape index (κ1) is 14.5. The molecule has 6 nitrogen and oxygen atoms in total. The lowest BCUT2D eigenvalue weighted by atomic mass is 10.1. The third-order valence-corrected chi connectivity index (χ3v) is 4.16. The van der Waals surface area contributed by atoms with Gasteiger partial charge in [0, 0.05) is 16.9 Å². The third kappa shape index (κ3) is 3.00. The first-order valence-corrected chi connectivity index (χ1v) is 7.93. The Balaban J connectivity index is 2.57. The molecule has 2 aromatic rings. The predicted molar refractivity (Wildman–Crippen MR) is 74.6 cm³/mol. The van der Waals surface area contributed by atoms with Crippen LogP contribution in [0.5, 0.6) is 0 Å². The van der Waals surface area contributed by atoms with Gasteiger partial charge in [-0.2, -0.15) is 0 Å². The minimum Gasteiger partial charge on any atom is -0.295 e. The second-order valence-electron chi connectivity index (χ2n) is 4.24. The molecule has 0 aliphatic carbocycles. The van der Waals surface area contributed by atoms with Crippen molar-refractivity contribution in [1.29, 1.82) is 0 Å². The summed E-state index contributed by atoms with van der Waals surface area (Å²) in [5.74, 6) is 0. The maximum absolute atomic E-state index is 11.7. The topological polar surface area (TPSA) is 89.0 Å². The van der Waals surface area contributed by atoms with Crippen LogP contribution in [0.2, 0.25) is 0 Å². The lowest BCUT2D eigenvalue weighted by molar-refractivity contribution is 0.603. The Morgan fingerprint density at radius 1 is 1.25 bits per heavy atom. The Morgan fingerprint density at radius 3 is 2.50 bits per heavy atom. The number of H-pyrrole nitrogens is 1. The molecule has 0 fully saturated rings.